The van der Waals surface area contributed by atoms with Crippen LogP contribution in [0.1, 0.15) is 24.0 Å². The Morgan fingerprint density at radius 3 is 2.40 bits per heavy atom. The van der Waals surface area contributed by atoms with Gasteiger partial charge in [0, 0.05) is 37.9 Å². The zero-order valence-electron chi connectivity index (χ0n) is 14.7. The summed E-state index contributed by atoms with van der Waals surface area (Å²) in [5.74, 6) is -0.264. The van der Waals surface area contributed by atoms with Gasteiger partial charge in [0.15, 0.2) is 0 Å². The van der Waals surface area contributed by atoms with E-state index in [1.807, 2.05) is 43.3 Å². The average Bonchev–Trinajstić information content (AvgIpc) is 3.44. The smallest absolute Gasteiger partial charge is 0.318 e. The van der Waals surface area contributed by atoms with Crippen molar-refractivity contribution in [3.8, 4) is 0 Å². The summed E-state index contributed by atoms with van der Waals surface area (Å²) in [4.78, 5) is 16.3. The molecular weight excluding hydrogens is 317 g/mol. The second-order valence-corrected chi connectivity index (χ2v) is 6.67. The van der Waals surface area contributed by atoms with Crippen molar-refractivity contribution in [1.82, 2.24) is 10.2 Å². The fourth-order valence-corrected chi connectivity index (χ4v) is 2.75. The maximum absolute atomic E-state index is 13.9. The monoisotopic (exact) mass is 341 g/mol. The lowest BCUT2D eigenvalue weighted by atomic mass is 10.2. The Hall–Kier alpha value is -2.56. The van der Waals surface area contributed by atoms with Crippen molar-refractivity contribution < 1.29 is 9.18 Å². The molecule has 0 bridgehead atoms. The predicted molar refractivity (Wildman–Crippen MR) is 98.0 cm³/mol. The van der Waals surface area contributed by atoms with Gasteiger partial charge in [-0.3, -0.25) is 0 Å². The summed E-state index contributed by atoms with van der Waals surface area (Å²) in [6.45, 7) is 0.774. The first-order valence-corrected chi connectivity index (χ1v) is 8.59. The largest absolute Gasteiger partial charge is 0.378 e. The molecule has 2 aromatic rings. The highest BCUT2D eigenvalue weighted by atomic mass is 19.1. The maximum atomic E-state index is 13.9. The number of carbonyl (C=O) groups excluding carboxylic acids is 1. The van der Waals surface area contributed by atoms with Crippen molar-refractivity contribution in [3.63, 3.8) is 0 Å². The number of amides is 2. The lowest BCUT2D eigenvalue weighted by Gasteiger charge is -2.23. The number of nitrogens with one attached hydrogen (secondary N) is 1. The first-order chi connectivity index (χ1) is 12.0. The van der Waals surface area contributed by atoms with Gasteiger partial charge in [-0.05, 0) is 36.6 Å². The van der Waals surface area contributed by atoms with Gasteiger partial charge in [-0.1, -0.05) is 30.3 Å². The molecule has 25 heavy (non-hydrogen) atoms. The minimum atomic E-state index is -0.264. The Labute approximate surface area is 148 Å². The fraction of sp³-hybridized carbons (Fsp3) is 0.350. The van der Waals surface area contributed by atoms with E-state index in [1.165, 1.54) is 6.07 Å². The van der Waals surface area contributed by atoms with E-state index in [-0.39, 0.29) is 17.9 Å². The van der Waals surface area contributed by atoms with E-state index in [0.717, 1.165) is 24.1 Å². The highest BCUT2D eigenvalue weighted by Gasteiger charge is 2.32. The van der Waals surface area contributed by atoms with Crippen LogP contribution in [-0.4, -0.2) is 31.1 Å². The van der Waals surface area contributed by atoms with Crippen LogP contribution in [0.2, 0.25) is 0 Å². The van der Waals surface area contributed by atoms with Gasteiger partial charge in [0.2, 0.25) is 0 Å². The summed E-state index contributed by atoms with van der Waals surface area (Å²) in [5.41, 5.74) is 2.72. The molecule has 2 aromatic carbocycles. The number of nitrogens with zero attached hydrogens (tertiary/aromatic N) is 2. The van der Waals surface area contributed by atoms with Crippen LogP contribution >= 0.6 is 0 Å². The second kappa shape index (κ2) is 7.55. The standard InChI is InChI=1S/C20H24FN3O/c1-23(2)17-9-7-15(8-10-17)13-22-20(25)24(18-11-12-18)14-16-5-3-4-6-19(16)21/h3-10,18H,11-14H2,1-2H3,(H,22,25). The molecule has 0 saturated heterocycles. The highest BCUT2D eigenvalue weighted by Crippen LogP contribution is 2.29. The van der Waals surface area contributed by atoms with E-state index >= 15 is 0 Å². The van der Waals surface area contributed by atoms with E-state index in [9.17, 15) is 9.18 Å². The Morgan fingerprint density at radius 1 is 1.12 bits per heavy atom. The van der Waals surface area contributed by atoms with Crippen molar-refractivity contribution in [3.05, 3.63) is 65.5 Å². The molecule has 3 rings (SSSR count). The summed E-state index contributed by atoms with van der Waals surface area (Å²) in [5, 5.41) is 2.96. The van der Waals surface area contributed by atoms with E-state index < -0.39 is 0 Å². The quantitative estimate of drug-likeness (QED) is 0.868. The predicted octanol–water partition coefficient (Wildman–Crippen LogP) is 3.77. The van der Waals surface area contributed by atoms with Gasteiger partial charge >= 0.3 is 6.03 Å². The molecule has 1 aliphatic carbocycles. The number of urea groups is 1. The fourth-order valence-electron chi connectivity index (χ4n) is 2.75. The number of carbonyl (C=O) groups is 1. The van der Waals surface area contributed by atoms with Crippen molar-refractivity contribution in [2.24, 2.45) is 0 Å². The molecule has 0 heterocycles. The van der Waals surface area contributed by atoms with Crippen LogP contribution in [0, 0.1) is 5.82 Å². The lowest BCUT2D eigenvalue weighted by Crippen LogP contribution is -2.40. The van der Waals surface area contributed by atoms with E-state index in [4.69, 9.17) is 0 Å². The molecule has 0 atom stereocenters. The molecule has 1 saturated carbocycles. The van der Waals surface area contributed by atoms with Gasteiger partial charge in [0.25, 0.3) is 0 Å². The van der Waals surface area contributed by atoms with Crippen LogP contribution < -0.4 is 10.2 Å². The second-order valence-electron chi connectivity index (χ2n) is 6.67. The van der Waals surface area contributed by atoms with Crippen molar-refractivity contribution in [2.45, 2.75) is 32.0 Å². The van der Waals surface area contributed by atoms with Crippen LogP contribution in [0.5, 0.6) is 0 Å². The minimum Gasteiger partial charge on any atom is -0.378 e. The van der Waals surface area contributed by atoms with E-state index in [0.29, 0.717) is 18.7 Å². The van der Waals surface area contributed by atoms with Gasteiger partial charge in [-0.2, -0.15) is 0 Å². The molecule has 0 unspecified atom stereocenters. The molecule has 132 valence electrons. The number of rotatable bonds is 6. The zero-order chi connectivity index (χ0) is 17.8. The lowest BCUT2D eigenvalue weighted by molar-refractivity contribution is 0.191. The van der Waals surface area contributed by atoms with E-state index in [2.05, 4.69) is 5.32 Å². The molecule has 0 spiro atoms. The maximum Gasteiger partial charge on any atom is 0.318 e. The highest BCUT2D eigenvalue weighted by molar-refractivity contribution is 5.75. The Kier molecular flexibility index (Phi) is 5.22. The Balaban J connectivity index is 1.60. The minimum absolute atomic E-state index is 0.137. The van der Waals surface area contributed by atoms with E-state index in [1.54, 1.807) is 23.1 Å². The SMILES string of the molecule is CN(C)c1ccc(CNC(=O)N(Cc2ccccc2F)C2CC2)cc1. The van der Waals surface area contributed by atoms with Gasteiger partial charge < -0.3 is 15.1 Å². The zero-order valence-corrected chi connectivity index (χ0v) is 14.7. The van der Waals surface area contributed by atoms with Crippen LogP contribution in [0.4, 0.5) is 14.9 Å². The third-order valence-corrected chi connectivity index (χ3v) is 4.44. The summed E-state index contributed by atoms with van der Waals surface area (Å²) < 4.78 is 13.9. The number of halogens is 1. The number of hydrogen-bond donors (Lipinski definition) is 1. The van der Waals surface area contributed by atoms with Gasteiger partial charge in [-0.15, -0.1) is 0 Å². The molecular formula is C20H24FN3O. The third-order valence-electron chi connectivity index (χ3n) is 4.44. The van der Waals surface area contributed by atoms with Crippen LogP contribution in [-0.2, 0) is 13.1 Å². The summed E-state index contributed by atoms with van der Waals surface area (Å²) in [6, 6.07) is 14.8. The van der Waals surface area contributed by atoms with Crippen LogP contribution in [0.15, 0.2) is 48.5 Å². The molecule has 0 aromatic heterocycles. The molecule has 0 radical (unpaired) electrons. The first-order valence-electron chi connectivity index (χ1n) is 8.59. The topological polar surface area (TPSA) is 35.6 Å². The van der Waals surface area contributed by atoms with Gasteiger partial charge in [-0.25, -0.2) is 9.18 Å². The molecule has 5 heteroatoms. The van der Waals surface area contributed by atoms with Gasteiger partial charge in [0.1, 0.15) is 5.82 Å². The molecule has 1 fully saturated rings. The molecule has 4 nitrogen and oxygen atoms in total. The number of benzene rings is 2. The first kappa shape index (κ1) is 17.3. The van der Waals surface area contributed by atoms with Crippen molar-refractivity contribution in [2.75, 3.05) is 19.0 Å². The van der Waals surface area contributed by atoms with Crippen molar-refractivity contribution in [1.29, 1.82) is 0 Å². The third kappa shape index (κ3) is 4.50. The average molecular weight is 341 g/mol. The molecule has 0 aliphatic heterocycles. The van der Waals surface area contributed by atoms with Crippen LogP contribution in [0.25, 0.3) is 0 Å². The summed E-state index contributed by atoms with van der Waals surface area (Å²) in [7, 11) is 3.99. The van der Waals surface area contributed by atoms with Crippen LogP contribution in [0.3, 0.4) is 0 Å². The Morgan fingerprint density at radius 2 is 1.80 bits per heavy atom. The number of anilines is 1. The normalized spacial score (nSPS) is 13.4. The molecule has 1 N–H and O–H groups in total. The van der Waals surface area contributed by atoms with Gasteiger partial charge in [0.05, 0.1) is 6.54 Å². The number of hydrogen-bond acceptors (Lipinski definition) is 2. The van der Waals surface area contributed by atoms with Crippen molar-refractivity contribution >= 4 is 11.7 Å². The molecule has 1 aliphatic rings. The Bertz CT molecular complexity index is 726. The summed E-state index contributed by atoms with van der Waals surface area (Å²) in [6.07, 6.45) is 1.97. The molecule has 2 amide bonds. The summed E-state index contributed by atoms with van der Waals surface area (Å²) >= 11 is 0.